The molecule has 0 fully saturated rings. The lowest BCUT2D eigenvalue weighted by Gasteiger charge is -2.18. The molecule has 1 aromatic heterocycles. The van der Waals surface area contributed by atoms with E-state index in [2.05, 4.69) is 5.10 Å². The summed E-state index contributed by atoms with van der Waals surface area (Å²) in [4.78, 5) is 24.1. The fraction of sp³-hybridized carbons (Fsp3) is 0.583. The van der Waals surface area contributed by atoms with Crippen LogP contribution in [-0.4, -0.2) is 41.6 Å². The third kappa shape index (κ3) is 4.27. The Hall–Kier alpha value is -2.05. The van der Waals surface area contributed by atoms with E-state index < -0.39 is 18.1 Å². The van der Waals surface area contributed by atoms with Gasteiger partial charge in [0, 0.05) is 14.1 Å². The van der Waals surface area contributed by atoms with E-state index in [1.54, 1.807) is 19.0 Å². The van der Waals surface area contributed by atoms with E-state index in [9.17, 15) is 9.59 Å². The van der Waals surface area contributed by atoms with Crippen LogP contribution in [0.1, 0.15) is 13.8 Å². The number of carboxylic acid groups (broad SMARTS) is 1. The average molecular weight is 269 g/mol. The summed E-state index contributed by atoms with van der Waals surface area (Å²) < 4.78 is 6.44. The maximum atomic E-state index is 11.7. The van der Waals surface area contributed by atoms with Gasteiger partial charge in [0.25, 0.3) is 5.56 Å². The van der Waals surface area contributed by atoms with Crippen LogP contribution >= 0.6 is 0 Å². The monoisotopic (exact) mass is 269 g/mol. The van der Waals surface area contributed by atoms with Crippen molar-refractivity contribution in [2.24, 2.45) is 5.92 Å². The Morgan fingerprint density at radius 2 is 2.16 bits per heavy atom. The zero-order valence-electron chi connectivity index (χ0n) is 11.6. The van der Waals surface area contributed by atoms with Crippen LogP contribution in [0, 0.1) is 5.92 Å². The summed E-state index contributed by atoms with van der Waals surface area (Å²) in [5.74, 6) is -0.00143. The highest BCUT2D eigenvalue weighted by atomic mass is 16.5. The van der Waals surface area contributed by atoms with E-state index in [4.69, 9.17) is 9.84 Å². The van der Waals surface area contributed by atoms with Crippen molar-refractivity contribution in [1.82, 2.24) is 9.78 Å². The van der Waals surface area contributed by atoms with Gasteiger partial charge < -0.3 is 14.7 Å². The number of aliphatic carboxylic acids is 1. The smallest absolute Gasteiger partial charge is 0.325 e. The number of aromatic nitrogens is 2. The van der Waals surface area contributed by atoms with Crippen LogP contribution in [0.2, 0.25) is 0 Å². The molecule has 106 valence electrons. The fourth-order valence-electron chi connectivity index (χ4n) is 1.38. The Morgan fingerprint density at radius 1 is 1.53 bits per heavy atom. The SMILES string of the molecule is CC(C)COc1cc(=O)n(CC(=O)O)nc1N(C)C. The van der Waals surface area contributed by atoms with Crippen LogP contribution in [-0.2, 0) is 11.3 Å². The number of anilines is 1. The molecule has 0 saturated carbocycles. The molecule has 0 saturated heterocycles. The van der Waals surface area contributed by atoms with Gasteiger partial charge in [-0.3, -0.25) is 9.59 Å². The van der Waals surface area contributed by atoms with Gasteiger partial charge in [-0.15, -0.1) is 5.10 Å². The summed E-state index contributed by atoms with van der Waals surface area (Å²) in [6.07, 6.45) is 0. The van der Waals surface area contributed by atoms with Gasteiger partial charge in [0.05, 0.1) is 12.7 Å². The van der Waals surface area contributed by atoms with Crippen molar-refractivity contribution in [1.29, 1.82) is 0 Å². The highest BCUT2D eigenvalue weighted by Gasteiger charge is 2.14. The number of carbonyl (C=O) groups is 1. The number of carboxylic acids is 1. The first-order chi connectivity index (χ1) is 8.81. The van der Waals surface area contributed by atoms with Crippen molar-refractivity contribution in [2.75, 3.05) is 25.6 Å². The molecule has 1 heterocycles. The van der Waals surface area contributed by atoms with Crippen molar-refractivity contribution in [3.05, 3.63) is 16.4 Å². The van der Waals surface area contributed by atoms with Gasteiger partial charge in [-0.25, -0.2) is 4.68 Å². The van der Waals surface area contributed by atoms with Gasteiger partial charge in [0.1, 0.15) is 6.54 Å². The normalized spacial score (nSPS) is 10.6. The molecule has 7 heteroatoms. The fourth-order valence-corrected chi connectivity index (χ4v) is 1.38. The van der Waals surface area contributed by atoms with E-state index in [1.165, 1.54) is 6.07 Å². The van der Waals surface area contributed by atoms with E-state index in [-0.39, 0.29) is 0 Å². The summed E-state index contributed by atoms with van der Waals surface area (Å²) in [5, 5.41) is 12.7. The summed E-state index contributed by atoms with van der Waals surface area (Å²) in [7, 11) is 3.50. The molecule has 0 atom stereocenters. The molecule has 19 heavy (non-hydrogen) atoms. The second kappa shape index (κ2) is 6.21. The van der Waals surface area contributed by atoms with Gasteiger partial charge in [-0.2, -0.15) is 0 Å². The summed E-state index contributed by atoms with van der Waals surface area (Å²) in [6.45, 7) is 3.98. The van der Waals surface area contributed by atoms with Crippen LogP contribution in [0.25, 0.3) is 0 Å². The molecule has 7 nitrogen and oxygen atoms in total. The Balaban J connectivity index is 3.13. The van der Waals surface area contributed by atoms with Crippen molar-refractivity contribution < 1.29 is 14.6 Å². The van der Waals surface area contributed by atoms with Gasteiger partial charge in [-0.05, 0) is 5.92 Å². The Labute approximate surface area is 111 Å². The molecule has 0 unspecified atom stereocenters. The van der Waals surface area contributed by atoms with Crippen molar-refractivity contribution in [3.8, 4) is 5.75 Å². The summed E-state index contributed by atoms with van der Waals surface area (Å²) >= 11 is 0. The van der Waals surface area contributed by atoms with Gasteiger partial charge in [-0.1, -0.05) is 13.8 Å². The zero-order chi connectivity index (χ0) is 14.6. The van der Waals surface area contributed by atoms with E-state index in [1.807, 2.05) is 13.8 Å². The van der Waals surface area contributed by atoms with Gasteiger partial charge in [0.2, 0.25) is 0 Å². The molecule has 1 rings (SSSR count). The number of ether oxygens (including phenoxy) is 1. The Bertz CT molecular complexity index is 508. The minimum atomic E-state index is -1.12. The molecular weight excluding hydrogens is 250 g/mol. The summed E-state index contributed by atoms with van der Waals surface area (Å²) in [5.41, 5.74) is -0.494. The lowest BCUT2D eigenvalue weighted by molar-refractivity contribution is -0.138. The molecule has 0 aliphatic rings. The third-order valence-corrected chi connectivity index (χ3v) is 2.23. The first kappa shape index (κ1) is 15.0. The van der Waals surface area contributed by atoms with Gasteiger partial charge in [0.15, 0.2) is 11.6 Å². The highest BCUT2D eigenvalue weighted by Crippen LogP contribution is 2.22. The van der Waals surface area contributed by atoms with E-state index in [0.717, 1.165) is 4.68 Å². The highest BCUT2D eigenvalue weighted by molar-refractivity contribution is 5.66. The maximum absolute atomic E-state index is 11.7. The van der Waals surface area contributed by atoms with Gasteiger partial charge >= 0.3 is 5.97 Å². The minimum Gasteiger partial charge on any atom is -0.489 e. The van der Waals surface area contributed by atoms with Crippen molar-refractivity contribution in [3.63, 3.8) is 0 Å². The topological polar surface area (TPSA) is 84.7 Å². The minimum absolute atomic E-state index is 0.316. The third-order valence-electron chi connectivity index (χ3n) is 2.23. The molecular formula is C12H19N3O4. The van der Waals surface area contributed by atoms with E-state index in [0.29, 0.717) is 24.1 Å². The molecule has 0 aliphatic carbocycles. The summed E-state index contributed by atoms with van der Waals surface area (Å²) in [6, 6.07) is 1.27. The first-order valence-electron chi connectivity index (χ1n) is 5.95. The van der Waals surface area contributed by atoms with Crippen molar-refractivity contribution >= 4 is 11.8 Å². The molecule has 0 bridgehead atoms. The van der Waals surface area contributed by atoms with Crippen LogP contribution in [0.4, 0.5) is 5.82 Å². The van der Waals surface area contributed by atoms with Crippen LogP contribution in [0.15, 0.2) is 10.9 Å². The van der Waals surface area contributed by atoms with Crippen LogP contribution in [0.3, 0.4) is 0 Å². The number of hydrogen-bond donors (Lipinski definition) is 1. The average Bonchev–Trinajstić information content (AvgIpc) is 2.28. The predicted molar refractivity (Wildman–Crippen MR) is 70.8 cm³/mol. The lowest BCUT2D eigenvalue weighted by Crippen LogP contribution is -2.29. The Kier molecular flexibility index (Phi) is 4.91. The number of rotatable bonds is 6. The largest absolute Gasteiger partial charge is 0.489 e. The molecule has 0 spiro atoms. The van der Waals surface area contributed by atoms with E-state index >= 15 is 0 Å². The molecule has 0 aromatic carbocycles. The van der Waals surface area contributed by atoms with Crippen LogP contribution in [0.5, 0.6) is 5.75 Å². The predicted octanol–water partition coefficient (Wildman–Crippen LogP) is 0.429. The number of hydrogen-bond acceptors (Lipinski definition) is 5. The molecule has 1 aromatic rings. The van der Waals surface area contributed by atoms with Crippen LogP contribution < -0.4 is 15.2 Å². The zero-order valence-corrected chi connectivity index (χ0v) is 11.6. The molecule has 0 radical (unpaired) electrons. The number of nitrogens with zero attached hydrogens (tertiary/aromatic N) is 3. The Morgan fingerprint density at radius 3 is 2.63 bits per heavy atom. The molecule has 0 amide bonds. The quantitative estimate of drug-likeness (QED) is 0.806. The maximum Gasteiger partial charge on any atom is 0.325 e. The standard InChI is InChI=1S/C12H19N3O4/c1-8(2)7-19-9-5-10(16)15(6-11(17)18)13-12(9)14(3)4/h5,8H,6-7H2,1-4H3,(H,17,18). The lowest BCUT2D eigenvalue weighted by atomic mass is 10.2. The first-order valence-corrected chi connectivity index (χ1v) is 5.95. The second-order valence-electron chi connectivity index (χ2n) is 4.82. The van der Waals surface area contributed by atoms with Crippen molar-refractivity contribution in [2.45, 2.75) is 20.4 Å². The molecule has 0 aliphatic heterocycles. The second-order valence-corrected chi connectivity index (χ2v) is 4.82. The molecule has 1 N–H and O–H groups in total.